The minimum absolute atomic E-state index is 0.149. The van der Waals surface area contributed by atoms with Crippen molar-refractivity contribution < 1.29 is 17.9 Å². The van der Waals surface area contributed by atoms with Gasteiger partial charge in [0.05, 0.1) is 18.1 Å². The second kappa shape index (κ2) is 8.59. The molecule has 3 heterocycles. The lowest BCUT2D eigenvalue weighted by molar-refractivity contribution is 0.0730. The van der Waals surface area contributed by atoms with Crippen LogP contribution in [0.15, 0.2) is 29.2 Å². The van der Waals surface area contributed by atoms with Crippen molar-refractivity contribution in [3.05, 3.63) is 24.3 Å². The van der Waals surface area contributed by atoms with Crippen LogP contribution in [0.25, 0.3) is 0 Å². The Morgan fingerprint density at radius 1 is 1.21 bits per heavy atom. The number of fused-ring (bicyclic) bond motifs is 1. The first-order valence-corrected chi connectivity index (χ1v) is 11.9. The van der Waals surface area contributed by atoms with Gasteiger partial charge >= 0.3 is 6.03 Å². The van der Waals surface area contributed by atoms with Crippen molar-refractivity contribution in [1.82, 2.24) is 14.1 Å². The SMILES string of the molecule is CCC1CN2CCCC2CN1C(=O)Nc1cccc(S(=O)(=O)N2CCOCC2)c1. The van der Waals surface area contributed by atoms with Gasteiger partial charge < -0.3 is 15.0 Å². The lowest BCUT2D eigenvalue weighted by atomic mass is 10.1. The van der Waals surface area contributed by atoms with E-state index in [4.69, 9.17) is 4.74 Å². The Balaban J connectivity index is 1.48. The van der Waals surface area contributed by atoms with Gasteiger partial charge in [0.15, 0.2) is 0 Å². The van der Waals surface area contributed by atoms with E-state index >= 15 is 0 Å². The highest BCUT2D eigenvalue weighted by Gasteiger charge is 2.37. The van der Waals surface area contributed by atoms with Gasteiger partial charge in [0.1, 0.15) is 0 Å². The molecule has 2 atom stereocenters. The van der Waals surface area contributed by atoms with Gasteiger partial charge in [-0.15, -0.1) is 0 Å². The number of nitrogens with zero attached hydrogens (tertiary/aromatic N) is 3. The summed E-state index contributed by atoms with van der Waals surface area (Å²) >= 11 is 0. The summed E-state index contributed by atoms with van der Waals surface area (Å²) in [6.45, 7) is 6.39. The number of carbonyl (C=O) groups excluding carboxylic acids is 1. The first kappa shape index (κ1) is 20.6. The Morgan fingerprint density at radius 2 is 2.00 bits per heavy atom. The van der Waals surface area contributed by atoms with Crippen LogP contribution in [0.2, 0.25) is 0 Å². The Morgan fingerprint density at radius 3 is 2.76 bits per heavy atom. The second-order valence-electron chi connectivity index (χ2n) is 7.98. The van der Waals surface area contributed by atoms with Crippen LogP contribution in [0.3, 0.4) is 0 Å². The fourth-order valence-electron chi connectivity index (χ4n) is 4.55. The molecular formula is C20H30N4O4S. The molecule has 0 saturated carbocycles. The maximum atomic E-state index is 13.0. The number of amides is 2. The van der Waals surface area contributed by atoms with Crippen LogP contribution in [0.5, 0.6) is 0 Å². The first-order valence-electron chi connectivity index (χ1n) is 10.5. The summed E-state index contributed by atoms with van der Waals surface area (Å²) in [5, 5.41) is 2.93. The second-order valence-corrected chi connectivity index (χ2v) is 9.92. The first-order chi connectivity index (χ1) is 14.0. The lowest BCUT2D eigenvalue weighted by Gasteiger charge is -2.43. The zero-order chi connectivity index (χ0) is 20.4. The number of rotatable bonds is 4. The highest BCUT2D eigenvalue weighted by molar-refractivity contribution is 7.89. The lowest BCUT2D eigenvalue weighted by Crippen LogP contribution is -2.58. The summed E-state index contributed by atoms with van der Waals surface area (Å²) in [7, 11) is -3.59. The van der Waals surface area contributed by atoms with Crippen molar-refractivity contribution in [2.75, 3.05) is 51.3 Å². The van der Waals surface area contributed by atoms with Crippen LogP contribution in [0.4, 0.5) is 10.5 Å². The average molecular weight is 423 g/mol. The summed E-state index contributed by atoms with van der Waals surface area (Å²) in [5.41, 5.74) is 0.507. The number of benzene rings is 1. The van der Waals surface area contributed by atoms with E-state index in [-0.39, 0.29) is 17.0 Å². The number of piperazine rings is 1. The Labute approximate surface area is 172 Å². The molecule has 0 bridgehead atoms. The molecule has 0 aromatic heterocycles. The zero-order valence-electron chi connectivity index (χ0n) is 16.9. The Kier molecular flexibility index (Phi) is 6.10. The largest absolute Gasteiger partial charge is 0.379 e. The third-order valence-electron chi connectivity index (χ3n) is 6.22. The number of anilines is 1. The molecule has 29 heavy (non-hydrogen) atoms. The van der Waals surface area contributed by atoms with Crippen LogP contribution in [0, 0.1) is 0 Å². The van der Waals surface area contributed by atoms with E-state index in [9.17, 15) is 13.2 Å². The predicted molar refractivity (Wildman–Crippen MR) is 110 cm³/mol. The summed E-state index contributed by atoms with van der Waals surface area (Å²) in [5.74, 6) is 0. The molecule has 0 aliphatic carbocycles. The molecule has 2 unspecified atom stereocenters. The van der Waals surface area contributed by atoms with Crippen molar-refractivity contribution in [1.29, 1.82) is 0 Å². The Hall–Kier alpha value is -1.68. The molecule has 160 valence electrons. The van der Waals surface area contributed by atoms with E-state index in [0.29, 0.717) is 38.0 Å². The number of ether oxygens (including phenoxy) is 1. The van der Waals surface area contributed by atoms with Crippen molar-refractivity contribution in [3.8, 4) is 0 Å². The number of hydrogen-bond acceptors (Lipinski definition) is 5. The maximum Gasteiger partial charge on any atom is 0.322 e. The average Bonchev–Trinajstić information content (AvgIpc) is 3.21. The van der Waals surface area contributed by atoms with Crippen LogP contribution in [-0.2, 0) is 14.8 Å². The number of hydrogen-bond donors (Lipinski definition) is 1. The van der Waals surface area contributed by atoms with E-state index in [2.05, 4.69) is 17.1 Å². The van der Waals surface area contributed by atoms with Gasteiger partial charge in [-0.2, -0.15) is 4.31 Å². The molecule has 3 saturated heterocycles. The number of urea groups is 1. The minimum Gasteiger partial charge on any atom is -0.379 e. The van der Waals surface area contributed by atoms with Crippen molar-refractivity contribution >= 4 is 21.7 Å². The maximum absolute atomic E-state index is 13.0. The van der Waals surface area contributed by atoms with Crippen molar-refractivity contribution in [2.24, 2.45) is 0 Å². The molecule has 4 rings (SSSR count). The summed E-state index contributed by atoms with van der Waals surface area (Å²) < 4.78 is 32.5. The molecule has 3 aliphatic heterocycles. The smallest absolute Gasteiger partial charge is 0.322 e. The summed E-state index contributed by atoms with van der Waals surface area (Å²) in [4.78, 5) is 17.6. The molecule has 2 amide bonds. The monoisotopic (exact) mass is 422 g/mol. The molecule has 8 nitrogen and oxygen atoms in total. The fourth-order valence-corrected chi connectivity index (χ4v) is 6.01. The molecule has 1 aromatic rings. The van der Waals surface area contributed by atoms with Gasteiger partial charge in [0.2, 0.25) is 10.0 Å². The minimum atomic E-state index is -3.59. The molecular weight excluding hydrogens is 392 g/mol. The van der Waals surface area contributed by atoms with Crippen LogP contribution >= 0.6 is 0 Å². The van der Waals surface area contributed by atoms with Gasteiger partial charge in [-0.3, -0.25) is 4.90 Å². The molecule has 0 spiro atoms. The standard InChI is InChI=1S/C20H30N4O4S/c1-2-17-14-22-8-4-6-18(22)15-24(17)20(25)21-16-5-3-7-19(13-16)29(26,27)23-9-11-28-12-10-23/h3,5,7,13,17-18H,2,4,6,8-12,14-15H2,1H3,(H,21,25). The van der Waals surface area contributed by atoms with Gasteiger partial charge in [-0.05, 0) is 44.0 Å². The van der Waals surface area contributed by atoms with Crippen LogP contribution in [-0.4, -0.2) is 86.6 Å². The Bertz CT molecular complexity index is 841. The number of nitrogens with one attached hydrogen (secondary N) is 1. The number of carbonyl (C=O) groups is 1. The van der Waals surface area contributed by atoms with E-state index < -0.39 is 10.0 Å². The van der Waals surface area contributed by atoms with Crippen LogP contribution in [0.1, 0.15) is 26.2 Å². The third kappa shape index (κ3) is 4.28. The third-order valence-corrected chi connectivity index (χ3v) is 8.11. The molecule has 9 heteroatoms. The van der Waals surface area contributed by atoms with E-state index in [0.717, 1.165) is 32.5 Å². The van der Waals surface area contributed by atoms with E-state index in [1.165, 1.54) is 10.7 Å². The number of sulfonamides is 1. The van der Waals surface area contributed by atoms with E-state index in [1.54, 1.807) is 24.3 Å². The topological polar surface area (TPSA) is 82.2 Å². The number of morpholine rings is 1. The van der Waals surface area contributed by atoms with Gasteiger partial charge in [0.25, 0.3) is 0 Å². The van der Waals surface area contributed by atoms with E-state index in [1.807, 2.05) is 4.90 Å². The quantitative estimate of drug-likeness (QED) is 0.800. The van der Waals surface area contributed by atoms with Crippen molar-refractivity contribution in [3.63, 3.8) is 0 Å². The molecule has 3 aliphatic rings. The highest BCUT2D eigenvalue weighted by atomic mass is 32.2. The predicted octanol–water partition coefficient (Wildman–Crippen LogP) is 1.80. The fraction of sp³-hybridized carbons (Fsp3) is 0.650. The van der Waals surface area contributed by atoms with Gasteiger partial charge in [-0.1, -0.05) is 13.0 Å². The summed E-state index contributed by atoms with van der Waals surface area (Å²) in [6, 6.07) is 7.02. The summed E-state index contributed by atoms with van der Waals surface area (Å²) in [6.07, 6.45) is 3.23. The molecule has 1 aromatic carbocycles. The van der Waals surface area contributed by atoms with Gasteiger partial charge in [-0.25, -0.2) is 13.2 Å². The molecule has 0 radical (unpaired) electrons. The zero-order valence-corrected chi connectivity index (χ0v) is 17.7. The van der Waals surface area contributed by atoms with Crippen molar-refractivity contribution in [2.45, 2.75) is 43.2 Å². The van der Waals surface area contributed by atoms with Gasteiger partial charge in [0, 0.05) is 44.0 Å². The highest BCUT2D eigenvalue weighted by Crippen LogP contribution is 2.27. The molecule has 3 fully saturated rings. The normalized spacial score (nSPS) is 26.3. The molecule has 1 N–H and O–H groups in total. The van der Waals surface area contributed by atoms with Crippen LogP contribution < -0.4 is 5.32 Å².